The van der Waals surface area contributed by atoms with Gasteiger partial charge in [-0.15, -0.1) is 11.3 Å². The SMILES string of the molecule is O=C(CNCC1CCNC1)c1nccs1. The molecule has 1 aromatic rings. The van der Waals surface area contributed by atoms with Crippen LogP contribution in [0, 0.1) is 5.92 Å². The van der Waals surface area contributed by atoms with E-state index in [-0.39, 0.29) is 5.78 Å². The zero-order chi connectivity index (χ0) is 10.5. The summed E-state index contributed by atoms with van der Waals surface area (Å²) in [6.07, 6.45) is 2.87. The molecule has 1 aromatic heterocycles. The van der Waals surface area contributed by atoms with Gasteiger partial charge in [-0.05, 0) is 32.0 Å². The zero-order valence-corrected chi connectivity index (χ0v) is 9.35. The Hall–Kier alpha value is -0.780. The van der Waals surface area contributed by atoms with E-state index in [1.165, 1.54) is 17.8 Å². The van der Waals surface area contributed by atoms with Crippen LogP contribution in [0.1, 0.15) is 16.2 Å². The van der Waals surface area contributed by atoms with E-state index in [0.29, 0.717) is 17.5 Å². The third-order valence-electron chi connectivity index (χ3n) is 2.55. The number of aromatic nitrogens is 1. The van der Waals surface area contributed by atoms with Crippen molar-refractivity contribution in [3.05, 3.63) is 16.6 Å². The summed E-state index contributed by atoms with van der Waals surface area (Å²) in [5.41, 5.74) is 0. The monoisotopic (exact) mass is 225 g/mol. The van der Waals surface area contributed by atoms with Gasteiger partial charge < -0.3 is 10.6 Å². The highest BCUT2D eigenvalue weighted by molar-refractivity contribution is 7.11. The molecule has 0 aromatic carbocycles. The van der Waals surface area contributed by atoms with Crippen molar-refractivity contribution in [2.75, 3.05) is 26.2 Å². The summed E-state index contributed by atoms with van der Waals surface area (Å²) in [4.78, 5) is 15.5. The molecule has 0 aliphatic carbocycles. The number of thiazole rings is 1. The van der Waals surface area contributed by atoms with Crippen LogP contribution in [0.25, 0.3) is 0 Å². The Morgan fingerprint density at radius 3 is 3.33 bits per heavy atom. The number of carbonyl (C=O) groups excluding carboxylic acids is 1. The first-order chi connectivity index (χ1) is 7.36. The van der Waals surface area contributed by atoms with Crippen LogP contribution >= 0.6 is 11.3 Å². The van der Waals surface area contributed by atoms with Crippen LogP contribution in [0.5, 0.6) is 0 Å². The number of hydrogen-bond donors (Lipinski definition) is 2. The molecular weight excluding hydrogens is 210 g/mol. The summed E-state index contributed by atoms with van der Waals surface area (Å²) >= 11 is 1.40. The smallest absolute Gasteiger partial charge is 0.205 e. The van der Waals surface area contributed by atoms with Crippen LogP contribution in [-0.4, -0.2) is 36.9 Å². The van der Waals surface area contributed by atoms with Gasteiger partial charge in [0.1, 0.15) is 0 Å². The number of nitrogens with zero attached hydrogens (tertiary/aromatic N) is 1. The van der Waals surface area contributed by atoms with Crippen molar-refractivity contribution >= 4 is 17.1 Å². The molecule has 1 aliphatic rings. The van der Waals surface area contributed by atoms with Gasteiger partial charge in [0.05, 0.1) is 6.54 Å². The molecule has 2 rings (SSSR count). The van der Waals surface area contributed by atoms with E-state index in [1.54, 1.807) is 6.20 Å². The molecule has 1 saturated heterocycles. The predicted molar refractivity (Wildman–Crippen MR) is 60.3 cm³/mol. The van der Waals surface area contributed by atoms with Crippen molar-refractivity contribution in [3.63, 3.8) is 0 Å². The number of ketones is 1. The number of carbonyl (C=O) groups is 1. The number of nitrogens with one attached hydrogen (secondary N) is 2. The van der Waals surface area contributed by atoms with Gasteiger partial charge in [0.15, 0.2) is 5.01 Å². The van der Waals surface area contributed by atoms with Crippen molar-refractivity contribution in [1.82, 2.24) is 15.6 Å². The van der Waals surface area contributed by atoms with Gasteiger partial charge in [-0.25, -0.2) is 4.98 Å². The van der Waals surface area contributed by atoms with Crippen molar-refractivity contribution in [2.45, 2.75) is 6.42 Å². The van der Waals surface area contributed by atoms with Gasteiger partial charge in [0.2, 0.25) is 5.78 Å². The summed E-state index contributed by atoms with van der Waals surface area (Å²) in [5, 5.41) is 8.93. The van der Waals surface area contributed by atoms with E-state index in [9.17, 15) is 4.79 Å². The molecule has 1 fully saturated rings. The summed E-state index contributed by atoms with van der Waals surface area (Å²) < 4.78 is 0. The Bertz CT molecular complexity index is 306. The highest BCUT2D eigenvalue weighted by Gasteiger charge is 2.14. The maximum atomic E-state index is 11.5. The average molecular weight is 225 g/mol. The van der Waals surface area contributed by atoms with Crippen LogP contribution in [0.3, 0.4) is 0 Å². The van der Waals surface area contributed by atoms with E-state index in [1.807, 2.05) is 5.38 Å². The van der Waals surface area contributed by atoms with Gasteiger partial charge in [-0.2, -0.15) is 0 Å². The van der Waals surface area contributed by atoms with Crippen molar-refractivity contribution in [3.8, 4) is 0 Å². The molecule has 82 valence electrons. The molecule has 0 saturated carbocycles. The van der Waals surface area contributed by atoms with E-state index < -0.39 is 0 Å². The van der Waals surface area contributed by atoms with Gasteiger partial charge in [0.25, 0.3) is 0 Å². The van der Waals surface area contributed by atoms with Crippen LogP contribution in [0.15, 0.2) is 11.6 Å². The van der Waals surface area contributed by atoms with Gasteiger partial charge in [-0.3, -0.25) is 4.79 Å². The van der Waals surface area contributed by atoms with Crippen molar-refractivity contribution in [1.29, 1.82) is 0 Å². The Morgan fingerprint density at radius 1 is 1.73 bits per heavy atom. The average Bonchev–Trinajstić information content (AvgIpc) is 2.90. The Kier molecular flexibility index (Phi) is 3.82. The van der Waals surface area contributed by atoms with Crippen LogP contribution in [-0.2, 0) is 0 Å². The molecule has 2 N–H and O–H groups in total. The largest absolute Gasteiger partial charge is 0.316 e. The first-order valence-electron chi connectivity index (χ1n) is 5.20. The van der Waals surface area contributed by atoms with E-state index in [4.69, 9.17) is 0 Å². The van der Waals surface area contributed by atoms with Gasteiger partial charge in [-0.1, -0.05) is 0 Å². The van der Waals surface area contributed by atoms with Gasteiger partial charge in [0, 0.05) is 11.6 Å². The molecule has 4 nitrogen and oxygen atoms in total. The topological polar surface area (TPSA) is 54.0 Å². The van der Waals surface area contributed by atoms with Crippen LogP contribution < -0.4 is 10.6 Å². The van der Waals surface area contributed by atoms with Gasteiger partial charge >= 0.3 is 0 Å². The summed E-state index contributed by atoms with van der Waals surface area (Å²) in [7, 11) is 0. The first kappa shape index (κ1) is 10.7. The second-order valence-corrected chi connectivity index (χ2v) is 4.64. The molecule has 1 atom stereocenters. The molecule has 0 spiro atoms. The second kappa shape index (κ2) is 5.34. The quantitative estimate of drug-likeness (QED) is 0.718. The Balaban J connectivity index is 1.67. The lowest BCUT2D eigenvalue weighted by molar-refractivity contribution is 0.0990. The predicted octanol–water partition coefficient (Wildman–Crippen LogP) is 0.525. The molecule has 0 amide bonds. The highest BCUT2D eigenvalue weighted by Crippen LogP contribution is 2.06. The maximum absolute atomic E-state index is 11.5. The molecular formula is C10H15N3OS. The summed E-state index contributed by atoms with van der Waals surface area (Å²) in [6.45, 7) is 3.50. The minimum atomic E-state index is 0.0935. The summed E-state index contributed by atoms with van der Waals surface area (Å²) in [6, 6.07) is 0. The molecule has 2 heterocycles. The molecule has 5 heteroatoms. The van der Waals surface area contributed by atoms with Crippen LogP contribution in [0.4, 0.5) is 0 Å². The van der Waals surface area contributed by atoms with Crippen LogP contribution in [0.2, 0.25) is 0 Å². The minimum Gasteiger partial charge on any atom is -0.316 e. The lowest BCUT2D eigenvalue weighted by Crippen LogP contribution is -2.29. The second-order valence-electron chi connectivity index (χ2n) is 3.75. The third-order valence-corrected chi connectivity index (χ3v) is 3.37. The molecule has 1 aliphatic heterocycles. The third kappa shape index (κ3) is 3.09. The molecule has 0 bridgehead atoms. The fraction of sp³-hybridized carbons (Fsp3) is 0.600. The van der Waals surface area contributed by atoms with E-state index in [0.717, 1.165) is 19.6 Å². The minimum absolute atomic E-state index is 0.0935. The first-order valence-corrected chi connectivity index (χ1v) is 6.08. The number of Topliss-reactive ketones (excluding diaryl/α,β-unsaturated/α-hetero) is 1. The van der Waals surface area contributed by atoms with E-state index in [2.05, 4.69) is 15.6 Å². The number of hydrogen-bond acceptors (Lipinski definition) is 5. The molecule has 0 radical (unpaired) electrons. The fourth-order valence-corrected chi connectivity index (χ4v) is 2.29. The van der Waals surface area contributed by atoms with Crippen molar-refractivity contribution < 1.29 is 4.79 Å². The Morgan fingerprint density at radius 2 is 2.67 bits per heavy atom. The lowest BCUT2D eigenvalue weighted by Gasteiger charge is -2.08. The Labute approximate surface area is 93.1 Å². The number of rotatable bonds is 5. The molecule has 15 heavy (non-hydrogen) atoms. The maximum Gasteiger partial charge on any atom is 0.205 e. The highest BCUT2D eigenvalue weighted by atomic mass is 32.1. The standard InChI is InChI=1S/C10H15N3OS/c14-9(10-13-3-4-15-10)7-12-6-8-1-2-11-5-8/h3-4,8,11-12H,1-2,5-7H2. The summed E-state index contributed by atoms with van der Waals surface area (Å²) in [5.74, 6) is 0.769. The fourth-order valence-electron chi connectivity index (χ4n) is 1.72. The van der Waals surface area contributed by atoms with Crippen molar-refractivity contribution in [2.24, 2.45) is 5.92 Å². The molecule has 1 unspecified atom stereocenters. The zero-order valence-electron chi connectivity index (χ0n) is 8.53. The van der Waals surface area contributed by atoms with E-state index >= 15 is 0 Å². The normalized spacial score (nSPS) is 20.7. The lowest BCUT2D eigenvalue weighted by atomic mass is 10.1.